The van der Waals surface area contributed by atoms with E-state index in [1.807, 2.05) is 13.8 Å². The number of nitrogens with one attached hydrogen (secondary N) is 8. The maximum Gasteiger partial charge on any atom is 0.326 e. The molecule has 458 valence electrons. The number of aromatic hydroxyl groups is 1. The van der Waals surface area contributed by atoms with Crippen molar-refractivity contribution in [3.05, 3.63) is 29.8 Å². The number of aliphatic imine (C=N–C) groups is 2. The van der Waals surface area contributed by atoms with Gasteiger partial charge in [0.25, 0.3) is 0 Å². The van der Waals surface area contributed by atoms with Gasteiger partial charge in [-0.05, 0) is 145 Å². The summed E-state index contributed by atoms with van der Waals surface area (Å²) in [4.78, 5) is 131. The highest BCUT2D eigenvalue weighted by Gasteiger charge is 2.35. The lowest BCUT2D eigenvalue weighted by molar-refractivity contribution is -0.142. The number of carbonyl (C=O) groups is 9. The Morgan fingerprint density at radius 3 is 1.28 bits per heavy atom. The highest BCUT2D eigenvalue weighted by Crippen LogP contribution is 2.14. The van der Waals surface area contributed by atoms with Gasteiger partial charge in [-0.3, -0.25) is 48.3 Å². The van der Waals surface area contributed by atoms with Crippen molar-refractivity contribution in [1.82, 2.24) is 42.5 Å². The molecule has 0 spiro atoms. The van der Waals surface area contributed by atoms with E-state index in [1.54, 1.807) is 26.0 Å². The van der Waals surface area contributed by atoms with Gasteiger partial charge in [-0.2, -0.15) is 0 Å². The zero-order valence-corrected chi connectivity index (χ0v) is 47.5. The molecule has 0 radical (unpaired) electrons. The SMILES string of the molecule is CC(C)C[C@H](NC(=O)[C@@H](NC(=O)[C@H](CCCCN)NC(=O)CNC(=O)[C@@H](N)Cc1ccc(O)cc1)C(C)C)C(=O)N[C@@H](CCCCN)C(=O)N[C@@H](CCCCN)C(=O)N[C@@H](CCCN=C(N)N)C(=O)N[C@@H](CCCN=C(N)N)C(=O)O. The molecule has 0 heterocycles. The number of phenolic OH excluding ortho intramolecular Hbond substituents is 1. The standard InChI is InChI=1S/C52H94N18O11/c1-30(2)27-40(69-49(79)42(31(3)4)70-47(77)35(13-5-8-22-53)64-41(72)29-63-43(73)34(56)28-32-18-20-33(71)21-19-32)48(78)67-37(15-7-10-24-55)45(75)65-36(14-6-9-23-54)44(74)66-38(16-11-25-61-51(57)58)46(76)68-39(50(80)81)17-12-26-62-52(59)60/h18-21,30-31,34-40,42,71H,5-17,22-29,53-56H2,1-4H3,(H,63,73)(H,64,72)(H,65,75)(H,66,74)(H,67,78)(H,68,76)(H,69,79)(H,70,77)(H,80,81)(H4,57,58,61)(H4,59,60,62)/t34-,35-,36-,37-,38-,39-,40-,42-/m0/s1. The Labute approximate surface area is 474 Å². The van der Waals surface area contributed by atoms with Crippen LogP contribution in [0.1, 0.15) is 123 Å². The maximum absolute atomic E-state index is 14.3. The maximum atomic E-state index is 14.3. The molecule has 0 unspecified atom stereocenters. The molecule has 26 N–H and O–H groups in total. The molecule has 8 amide bonds. The second kappa shape index (κ2) is 39.9. The summed E-state index contributed by atoms with van der Waals surface area (Å²) < 4.78 is 0. The number of unbranched alkanes of at least 4 members (excludes halogenated alkanes) is 3. The third kappa shape index (κ3) is 30.7. The smallest absolute Gasteiger partial charge is 0.326 e. The number of amides is 8. The number of hydrogen-bond acceptors (Lipinski definition) is 16. The average molecular weight is 1150 g/mol. The first-order chi connectivity index (χ1) is 38.3. The van der Waals surface area contributed by atoms with Crippen LogP contribution in [0.4, 0.5) is 0 Å². The van der Waals surface area contributed by atoms with Crippen molar-refractivity contribution in [2.24, 2.45) is 67.7 Å². The van der Waals surface area contributed by atoms with Gasteiger partial charge in [-0.25, -0.2) is 4.79 Å². The highest BCUT2D eigenvalue weighted by molar-refractivity contribution is 5.98. The van der Waals surface area contributed by atoms with E-state index in [9.17, 15) is 53.4 Å². The molecule has 0 aliphatic heterocycles. The minimum absolute atomic E-state index is 0.0449. The number of guanidine groups is 2. The van der Waals surface area contributed by atoms with Crippen LogP contribution >= 0.6 is 0 Å². The predicted octanol–water partition coefficient (Wildman–Crippen LogP) is -3.95. The van der Waals surface area contributed by atoms with Crippen LogP contribution in [-0.2, 0) is 49.6 Å². The Hall–Kier alpha value is -7.37. The topological polar surface area (TPSA) is 523 Å². The molecule has 1 rings (SSSR count). The summed E-state index contributed by atoms with van der Waals surface area (Å²) in [6.07, 6.45) is 3.29. The van der Waals surface area contributed by atoms with E-state index in [0.717, 1.165) is 0 Å². The number of nitrogens with two attached hydrogens (primary N) is 8. The molecule has 29 heteroatoms. The molecule has 0 saturated carbocycles. The fourth-order valence-electron chi connectivity index (χ4n) is 8.18. The van der Waals surface area contributed by atoms with E-state index >= 15 is 0 Å². The van der Waals surface area contributed by atoms with E-state index < -0.39 is 114 Å². The normalized spacial score (nSPS) is 14.0. The van der Waals surface area contributed by atoms with E-state index in [2.05, 4.69) is 52.5 Å². The molecule has 0 bridgehead atoms. The Bertz CT molecular complexity index is 2190. The van der Waals surface area contributed by atoms with Crippen LogP contribution in [0, 0.1) is 11.8 Å². The summed E-state index contributed by atoms with van der Waals surface area (Å²) in [7, 11) is 0. The number of rotatable bonds is 42. The van der Waals surface area contributed by atoms with Crippen LogP contribution in [0.2, 0.25) is 0 Å². The third-order valence-corrected chi connectivity index (χ3v) is 12.6. The average Bonchev–Trinajstić information content (AvgIpc) is 3.39. The van der Waals surface area contributed by atoms with E-state index in [4.69, 9.17) is 45.9 Å². The van der Waals surface area contributed by atoms with Crippen molar-refractivity contribution in [2.45, 2.75) is 172 Å². The zero-order chi connectivity index (χ0) is 61.0. The molecule has 81 heavy (non-hydrogen) atoms. The van der Waals surface area contributed by atoms with Crippen LogP contribution < -0.4 is 88.4 Å². The largest absolute Gasteiger partial charge is 0.508 e. The number of aliphatic carboxylic acids is 1. The molecule has 0 aliphatic rings. The van der Waals surface area contributed by atoms with Crippen molar-refractivity contribution in [1.29, 1.82) is 0 Å². The number of carbonyl (C=O) groups excluding carboxylic acids is 8. The summed E-state index contributed by atoms with van der Waals surface area (Å²) in [5.74, 6) is -8.35. The first kappa shape index (κ1) is 71.6. The highest BCUT2D eigenvalue weighted by atomic mass is 16.4. The lowest BCUT2D eigenvalue weighted by atomic mass is 9.98. The Morgan fingerprint density at radius 1 is 0.494 bits per heavy atom. The van der Waals surface area contributed by atoms with Crippen molar-refractivity contribution in [2.75, 3.05) is 39.3 Å². The minimum atomic E-state index is -1.38. The number of carboxylic acids is 1. The molecule has 8 atom stereocenters. The van der Waals surface area contributed by atoms with Crippen molar-refractivity contribution >= 4 is 65.1 Å². The lowest BCUT2D eigenvalue weighted by Gasteiger charge is -2.29. The van der Waals surface area contributed by atoms with Gasteiger partial charge in [0.15, 0.2) is 11.9 Å². The summed E-state index contributed by atoms with van der Waals surface area (Å²) in [6, 6.07) is -3.79. The molecular weight excluding hydrogens is 1050 g/mol. The van der Waals surface area contributed by atoms with Gasteiger partial charge in [0, 0.05) is 13.1 Å². The first-order valence-corrected chi connectivity index (χ1v) is 27.7. The summed E-state index contributed by atoms with van der Waals surface area (Å²) in [6.45, 7) is 7.45. The molecule has 29 nitrogen and oxygen atoms in total. The number of benzene rings is 1. The van der Waals surface area contributed by atoms with Gasteiger partial charge in [-0.1, -0.05) is 39.8 Å². The Kier molecular flexibility index (Phi) is 35.3. The Morgan fingerprint density at radius 2 is 0.877 bits per heavy atom. The number of carboxylic acid groups (broad SMARTS) is 1. The van der Waals surface area contributed by atoms with Gasteiger partial charge in [0.2, 0.25) is 47.3 Å². The second-order valence-corrected chi connectivity index (χ2v) is 20.6. The zero-order valence-electron chi connectivity index (χ0n) is 47.5. The monoisotopic (exact) mass is 1150 g/mol. The lowest BCUT2D eigenvalue weighted by Crippen LogP contribution is -2.60. The fraction of sp³-hybridized carbons (Fsp3) is 0.673. The van der Waals surface area contributed by atoms with Crippen LogP contribution in [-0.4, -0.2) is 163 Å². The Balaban J connectivity index is 3.41. The van der Waals surface area contributed by atoms with Gasteiger partial charge in [0.1, 0.15) is 48.0 Å². The van der Waals surface area contributed by atoms with Crippen LogP contribution in [0.25, 0.3) is 0 Å². The molecule has 1 aromatic rings. The number of nitrogens with zero attached hydrogens (tertiary/aromatic N) is 2. The number of hydrogen-bond donors (Lipinski definition) is 18. The van der Waals surface area contributed by atoms with Crippen LogP contribution in [0.5, 0.6) is 5.75 Å². The summed E-state index contributed by atoms with van der Waals surface area (Å²) in [5.41, 5.74) is 45.7. The van der Waals surface area contributed by atoms with Crippen molar-refractivity contribution in [3.63, 3.8) is 0 Å². The molecule has 0 aliphatic carbocycles. The van der Waals surface area contributed by atoms with Crippen molar-refractivity contribution < 1.29 is 53.4 Å². The van der Waals surface area contributed by atoms with Gasteiger partial charge in [-0.15, -0.1) is 0 Å². The van der Waals surface area contributed by atoms with Gasteiger partial charge in [0.05, 0.1) is 12.6 Å². The summed E-state index contributed by atoms with van der Waals surface area (Å²) >= 11 is 0. The van der Waals surface area contributed by atoms with Crippen LogP contribution in [0.3, 0.4) is 0 Å². The molecule has 0 saturated heterocycles. The number of phenols is 1. The first-order valence-electron chi connectivity index (χ1n) is 27.7. The van der Waals surface area contributed by atoms with E-state index in [0.29, 0.717) is 50.6 Å². The van der Waals surface area contributed by atoms with E-state index in [1.165, 1.54) is 12.1 Å². The molecular formula is C52H94N18O11. The van der Waals surface area contributed by atoms with Crippen LogP contribution in [0.15, 0.2) is 34.3 Å². The minimum Gasteiger partial charge on any atom is -0.508 e. The van der Waals surface area contributed by atoms with Gasteiger partial charge < -0.3 is 98.6 Å². The summed E-state index contributed by atoms with van der Waals surface area (Å²) in [5, 5.41) is 40.6. The molecule has 0 aromatic heterocycles. The fourth-order valence-corrected chi connectivity index (χ4v) is 8.18. The van der Waals surface area contributed by atoms with Gasteiger partial charge >= 0.3 is 5.97 Å². The molecule has 0 fully saturated rings. The predicted molar refractivity (Wildman–Crippen MR) is 307 cm³/mol. The third-order valence-electron chi connectivity index (χ3n) is 12.6. The second-order valence-electron chi connectivity index (χ2n) is 20.6. The van der Waals surface area contributed by atoms with Crippen molar-refractivity contribution in [3.8, 4) is 5.75 Å². The van der Waals surface area contributed by atoms with E-state index in [-0.39, 0.29) is 108 Å². The quantitative estimate of drug-likeness (QED) is 0.0169. The molecule has 1 aromatic carbocycles.